The van der Waals surface area contributed by atoms with Crippen LogP contribution in [0.25, 0.3) is 0 Å². The molecule has 0 bridgehead atoms. The molecular weight excluding hydrogens is 168 g/mol. The van der Waals surface area contributed by atoms with Gasteiger partial charge in [-0.25, -0.2) is 10.4 Å². The predicted octanol–water partition coefficient (Wildman–Crippen LogP) is 0.886. The maximum Gasteiger partial charge on any atom is 0.252 e. The molecule has 0 aliphatic carbocycles. The van der Waals surface area contributed by atoms with Gasteiger partial charge in [0.15, 0.2) is 0 Å². The lowest BCUT2D eigenvalue weighted by Gasteiger charge is -1.99. The summed E-state index contributed by atoms with van der Waals surface area (Å²) in [6.45, 7) is 5.45. The number of rotatable bonds is 2. The first-order valence-corrected chi connectivity index (χ1v) is 3.93. The van der Waals surface area contributed by atoms with Crippen molar-refractivity contribution in [2.75, 3.05) is 5.43 Å². The summed E-state index contributed by atoms with van der Waals surface area (Å²) in [5.41, 5.74) is 3.99. The number of anilines is 1. The van der Waals surface area contributed by atoms with E-state index in [0.717, 1.165) is 5.71 Å². The van der Waals surface area contributed by atoms with Crippen molar-refractivity contribution in [2.24, 2.45) is 5.10 Å². The third-order valence-electron chi connectivity index (χ3n) is 1.26. The van der Waals surface area contributed by atoms with E-state index in [1.54, 1.807) is 6.92 Å². The Morgan fingerprint density at radius 2 is 2.31 bits per heavy atom. The van der Waals surface area contributed by atoms with Crippen LogP contribution < -0.4 is 11.0 Å². The van der Waals surface area contributed by atoms with Crippen LogP contribution in [0.4, 0.5) is 5.95 Å². The second-order valence-corrected chi connectivity index (χ2v) is 2.91. The average molecular weight is 180 g/mol. The molecule has 1 rings (SSSR count). The van der Waals surface area contributed by atoms with Crippen LogP contribution in [-0.4, -0.2) is 15.7 Å². The first kappa shape index (κ1) is 9.44. The first-order valence-electron chi connectivity index (χ1n) is 3.93. The van der Waals surface area contributed by atoms with Crippen LogP contribution in [0.3, 0.4) is 0 Å². The predicted molar refractivity (Wildman–Crippen MR) is 52.0 cm³/mol. The number of aryl methyl sites for hydroxylation is 1. The Balaban J connectivity index is 2.90. The Bertz CT molecular complexity index is 376. The van der Waals surface area contributed by atoms with E-state index in [0.29, 0.717) is 11.6 Å². The van der Waals surface area contributed by atoms with Gasteiger partial charge in [0, 0.05) is 17.5 Å². The third kappa shape index (κ3) is 3.06. The van der Waals surface area contributed by atoms with Gasteiger partial charge >= 0.3 is 0 Å². The fraction of sp³-hybridized carbons (Fsp3) is 0.375. The Morgan fingerprint density at radius 3 is 2.85 bits per heavy atom. The van der Waals surface area contributed by atoms with E-state index in [1.807, 2.05) is 13.8 Å². The zero-order valence-corrected chi connectivity index (χ0v) is 7.88. The summed E-state index contributed by atoms with van der Waals surface area (Å²) >= 11 is 0. The summed E-state index contributed by atoms with van der Waals surface area (Å²) in [4.78, 5) is 17.5. The SMILES string of the molecule is CC(C)=NNc1nc(C)cc(=O)[nH]1. The smallest absolute Gasteiger partial charge is 0.252 e. The minimum Gasteiger partial charge on any atom is -0.291 e. The van der Waals surface area contributed by atoms with Crippen molar-refractivity contribution in [2.45, 2.75) is 20.8 Å². The standard InChI is InChI=1S/C8H12N4O/c1-5(2)11-12-8-9-6(3)4-7(13)10-8/h4H,1-3H3,(H2,9,10,12,13). The molecule has 0 atom stereocenters. The highest BCUT2D eigenvalue weighted by Gasteiger charge is 1.94. The zero-order valence-electron chi connectivity index (χ0n) is 7.88. The summed E-state index contributed by atoms with van der Waals surface area (Å²) < 4.78 is 0. The monoisotopic (exact) mass is 180 g/mol. The lowest BCUT2D eigenvalue weighted by molar-refractivity contribution is 1.04. The molecule has 1 aromatic heterocycles. The van der Waals surface area contributed by atoms with Gasteiger partial charge in [-0.15, -0.1) is 0 Å². The number of nitrogens with one attached hydrogen (secondary N) is 2. The molecule has 0 amide bonds. The number of hydrogen-bond donors (Lipinski definition) is 2. The molecule has 1 aromatic rings. The number of hydrazone groups is 1. The minimum atomic E-state index is -0.182. The first-order chi connectivity index (χ1) is 6.08. The molecule has 0 saturated carbocycles. The van der Waals surface area contributed by atoms with Crippen LogP contribution >= 0.6 is 0 Å². The quantitative estimate of drug-likeness (QED) is 0.524. The lowest BCUT2D eigenvalue weighted by atomic mass is 10.4. The molecule has 0 aromatic carbocycles. The molecule has 0 aliphatic heterocycles. The van der Waals surface area contributed by atoms with Gasteiger partial charge < -0.3 is 0 Å². The second kappa shape index (κ2) is 3.84. The van der Waals surface area contributed by atoms with Gasteiger partial charge in [-0.05, 0) is 20.8 Å². The number of aromatic nitrogens is 2. The highest BCUT2D eigenvalue weighted by Crippen LogP contribution is 1.94. The van der Waals surface area contributed by atoms with E-state index in [1.165, 1.54) is 6.07 Å². The minimum absolute atomic E-state index is 0.182. The van der Waals surface area contributed by atoms with E-state index >= 15 is 0 Å². The van der Waals surface area contributed by atoms with Crippen molar-refractivity contribution in [1.29, 1.82) is 0 Å². The van der Waals surface area contributed by atoms with Crippen molar-refractivity contribution in [1.82, 2.24) is 9.97 Å². The number of aromatic amines is 1. The van der Waals surface area contributed by atoms with E-state index in [4.69, 9.17) is 0 Å². The number of nitrogens with zero attached hydrogens (tertiary/aromatic N) is 2. The van der Waals surface area contributed by atoms with E-state index in [-0.39, 0.29) is 5.56 Å². The topological polar surface area (TPSA) is 70.1 Å². The molecule has 0 saturated heterocycles. The Morgan fingerprint density at radius 1 is 1.62 bits per heavy atom. The van der Waals surface area contributed by atoms with Crippen LogP contribution in [0.2, 0.25) is 0 Å². The fourth-order valence-corrected chi connectivity index (χ4v) is 0.797. The summed E-state index contributed by atoms with van der Waals surface area (Å²) in [7, 11) is 0. The van der Waals surface area contributed by atoms with Crippen molar-refractivity contribution in [3.8, 4) is 0 Å². The fourth-order valence-electron chi connectivity index (χ4n) is 0.797. The number of hydrogen-bond acceptors (Lipinski definition) is 4. The van der Waals surface area contributed by atoms with Gasteiger partial charge in [0.25, 0.3) is 5.56 Å². The molecule has 0 unspecified atom stereocenters. The van der Waals surface area contributed by atoms with Crippen LogP contribution in [0.1, 0.15) is 19.5 Å². The van der Waals surface area contributed by atoms with Crippen molar-refractivity contribution in [3.05, 3.63) is 22.1 Å². The highest BCUT2D eigenvalue weighted by atomic mass is 16.1. The Kier molecular flexibility index (Phi) is 2.79. The summed E-state index contributed by atoms with van der Waals surface area (Å²) in [5, 5.41) is 3.91. The van der Waals surface area contributed by atoms with Crippen molar-refractivity contribution >= 4 is 11.7 Å². The van der Waals surface area contributed by atoms with Crippen LogP contribution in [-0.2, 0) is 0 Å². The third-order valence-corrected chi connectivity index (χ3v) is 1.26. The largest absolute Gasteiger partial charge is 0.291 e. The molecule has 70 valence electrons. The molecule has 5 heteroatoms. The normalized spacial score (nSPS) is 9.46. The molecule has 0 aliphatic rings. The Hall–Kier alpha value is -1.65. The van der Waals surface area contributed by atoms with Crippen LogP contribution in [0.5, 0.6) is 0 Å². The molecular formula is C8H12N4O. The lowest BCUT2D eigenvalue weighted by Crippen LogP contribution is -2.10. The summed E-state index contributed by atoms with van der Waals surface area (Å²) in [6, 6.07) is 1.42. The molecule has 2 N–H and O–H groups in total. The molecule has 0 spiro atoms. The maximum absolute atomic E-state index is 11.0. The van der Waals surface area contributed by atoms with E-state index < -0.39 is 0 Å². The van der Waals surface area contributed by atoms with Crippen molar-refractivity contribution in [3.63, 3.8) is 0 Å². The summed E-state index contributed by atoms with van der Waals surface area (Å²) in [6.07, 6.45) is 0. The van der Waals surface area contributed by atoms with E-state index in [2.05, 4.69) is 20.5 Å². The van der Waals surface area contributed by atoms with Gasteiger partial charge in [0.05, 0.1) is 0 Å². The van der Waals surface area contributed by atoms with Gasteiger partial charge in [-0.1, -0.05) is 0 Å². The molecule has 0 fully saturated rings. The van der Waals surface area contributed by atoms with Gasteiger partial charge in [0.1, 0.15) is 0 Å². The highest BCUT2D eigenvalue weighted by molar-refractivity contribution is 5.79. The van der Waals surface area contributed by atoms with Crippen LogP contribution in [0, 0.1) is 6.92 Å². The Labute approximate surface area is 75.9 Å². The molecule has 13 heavy (non-hydrogen) atoms. The summed E-state index contributed by atoms with van der Waals surface area (Å²) in [5.74, 6) is 0.367. The van der Waals surface area contributed by atoms with Gasteiger partial charge in [-0.2, -0.15) is 5.10 Å². The number of H-pyrrole nitrogens is 1. The molecule has 5 nitrogen and oxygen atoms in total. The van der Waals surface area contributed by atoms with Crippen LogP contribution in [0.15, 0.2) is 16.0 Å². The van der Waals surface area contributed by atoms with Crippen molar-refractivity contribution < 1.29 is 0 Å². The van der Waals surface area contributed by atoms with Gasteiger partial charge in [-0.3, -0.25) is 9.78 Å². The molecule has 0 radical (unpaired) electrons. The van der Waals surface area contributed by atoms with Gasteiger partial charge in [0.2, 0.25) is 5.95 Å². The van der Waals surface area contributed by atoms with E-state index in [9.17, 15) is 4.79 Å². The average Bonchev–Trinajstić information content (AvgIpc) is 1.99. The maximum atomic E-state index is 11.0. The second-order valence-electron chi connectivity index (χ2n) is 2.91. The molecule has 1 heterocycles. The zero-order chi connectivity index (χ0) is 9.84.